The molecule has 1 aromatic heterocycles. The Kier molecular flexibility index (Phi) is 5.00. The first-order valence-corrected chi connectivity index (χ1v) is 7.20. The third-order valence-electron chi connectivity index (χ3n) is 3.67. The van der Waals surface area contributed by atoms with E-state index < -0.39 is 6.10 Å². The molecule has 0 fully saturated rings. The van der Waals surface area contributed by atoms with Crippen molar-refractivity contribution in [1.29, 1.82) is 0 Å². The van der Waals surface area contributed by atoms with Crippen LogP contribution in [0.2, 0.25) is 0 Å². The summed E-state index contributed by atoms with van der Waals surface area (Å²) in [4.78, 5) is 4.17. The predicted octanol–water partition coefficient (Wildman–Crippen LogP) is 3.61. The van der Waals surface area contributed by atoms with Crippen LogP contribution >= 0.6 is 0 Å². The summed E-state index contributed by atoms with van der Waals surface area (Å²) in [6, 6.07) is 0. The van der Waals surface area contributed by atoms with E-state index in [1.54, 1.807) is 6.20 Å². The van der Waals surface area contributed by atoms with Crippen molar-refractivity contribution >= 4 is 0 Å². The summed E-state index contributed by atoms with van der Waals surface area (Å²) in [7, 11) is 0. The van der Waals surface area contributed by atoms with E-state index in [1.807, 2.05) is 6.33 Å². The van der Waals surface area contributed by atoms with Crippen LogP contribution in [0.25, 0.3) is 0 Å². The first-order chi connectivity index (χ1) is 8.83. The van der Waals surface area contributed by atoms with E-state index in [0.29, 0.717) is 0 Å². The van der Waals surface area contributed by atoms with Crippen molar-refractivity contribution in [1.82, 2.24) is 9.55 Å². The van der Waals surface area contributed by atoms with Crippen LogP contribution in [0.5, 0.6) is 0 Å². The Morgan fingerprint density at radius 2 is 2.17 bits per heavy atom. The zero-order valence-corrected chi connectivity index (χ0v) is 11.3. The number of rotatable bonds is 4. The third-order valence-corrected chi connectivity index (χ3v) is 3.67. The van der Waals surface area contributed by atoms with E-state index in [0.717, 1.165) is 31.5 Å². The highest BCUT2D eigenvalue weighted by Gasteiger charge is 2.17. The van der Waals surface area contributed by atoms with Crippen molar-refractivity contribution in [3.8, 4) is 0 Å². The van der Waals surface area contributed by atoms with E-state index in [-0.39, 0.29) is 0 Å². The molecule has 0 aliphatic heterocycles. The van der Waals surface area contributed by atoms with Gasteiger partial charge in [-0.05, 0) is 37.7 Å². The smallest absolute Gasteiger partial charge is 0.117 e. The molecule has 100 valence electrons. The maximum atomic E-state index is 10.5. The van der Waals surface area contributed by atoms with Crippen molar-refractivity contribution in [3.63, 3.8) is 0 Å². The molecule has 0 amide bonds. The molecule has 0 saturated carbocycles. The molecule has 0 radical (unpaired) electrons. The fourth-order valence-electron chi connectivity index (χ4n) is 2.64. The van der Waals surface area contributed by atoms with Crippen LogP contribution in [-0.4, -0.2) is 14.7 Å². The molecule has 3 nitrogen and oxygen atoms in total. The summed E-state index contributed by atoms with van der Waals surface area (Å²) in [5.41, 5.74) is 2.14. The number of imidazole rings is 1. The van der Waals surface area contributed by atoms with E-state index in [2.05, 4.69) is 22.6 Å². The quantitative estimate of drug-likeness (QED) is 0.827. The van der Waals surface area contributed by atoms with Gasteiger partial charge in [-0.3, -0.25) is 0 Å². The molecule has 0 spiro atoms. The van der Waals surface area contributed by atoms with Gasteiger partial charge in [-0.15, -0.1) is 0 Å². The number of nitrogens with zero attached hydrogens (tertiary/aromatic N) is 2. The van der Waals surface area contributed by atoms with Gasteiger partial charge < -0.3 is 9.67 Å². The van der Waals surface area contributed by atoms with Gasteiger partial charge in [-0.2, -0.15) is 0 Å². The highest BCUT2D eigenvalue weighted by atomic mass is 16.3. The van der Waals surface area contributed by atoms with Gasteiger partial charge >= 0.3 is 0 Å². The average Bonchev–Trinajstić information content (AvgIpc) is 2.76. The Bertz CT molecular complexity index is 395. The molecule has 1 heterocycles. The van der Waals surface area contributed by atoms with Crippen LogP contribution in [0.3, 0.4) is 0 Å². The highest BCUT2D eigenvalue weighted by Crippen LogP contribution is 2.28. The van der Waals surface area contributed by atoms with Gasteiger partial charge in [0.25, 0.3) is 0 Å². The second-order valence-corrected chi connectivity index (χ2v) is 5.15. The molecule has 1 aliphatic rings. The largest absolute Gasteiger partial charge is 0.382 e. The molecule has 2 rings (SSSR count). The van der Waals surface area contributed by atoms with Gasteiger partial charge in [0.2, 0.25) is 0 Å². The standard InChI is InChI=1S/C15H24N2O/c1-2-10-17-12-16-11-14(17)15(18)13-8-6-4-3-5-7-9-13/h8,11-12,15,18H,2-7,9-10H2,1H3/b13-8+. The Morgan fingerprint density at radius 1 is 1.33 bits per heavy atom. The van der Waals surface area contributed by atoms with Crippen molar-refractivity contribution < 1.29 is 5.11 Å². The van der Waals surface area contributed by atoms with Crippen molar-refractivity contribution in [3.05, 3.63) is 29.9 Å². The number of hydrogen-bond donors (Lipinski definition) is 1. The molecule has 1 aliphatic carbocycles. The Morgan fingerprint density at radius 3 is 3.00 bits per heavy atom. The topological polar surface area (TPSA) is 38.0 Å². The van der Waals surface area contributed by atoms with E-state index >= 15 is 0 Å². The lowest BCUT2D eigenvalue weighted by Crippen LogP contribution is -2.10. The Labute approximate surface area is 110 Å². The Balaban J connectivity index is 2.12. The molecular formula is C15H24N2O. The van der Waals surface area contributed by atoms with Crippen LogP contribution in [0, 0.1) is 0 Å². The number of aryl methyl sites for hydroxylation is 1. The number of aliphatic hydroxyl groups excluding tert-OH is 1. The lowest BCUT2D eigenvalue weighted by Gasteiger charge is -2.18. The van der Waals surface area contributed by atoms with Gasteiger partial charge in [0.15, 0.2) is 0 Å². The summed E-state index contributed by atoms with van der Waals surface area (Å²) >= 11 is 0. The van der Waals surface area contributed by atoms with E-state index in [1.165, 1.54) is 31.3 Å². The number of aromatic nitrogens is 2. The highest BCUT2D eigenvalue weighted by molar-refractivity contribution is 5.19. The SMILES string of the molecule is CCCn1cncc1C(O)/C1=C/CCCCCC1. The van der Waals surface area contributed by atoms with Crippen molar-refractivity contribution in [2.75, 3.05) is 0 Å². The summed E-state index contributed by atoms with van der Waals surface area (Å²) < 4.78 is 2.07. The zero-order valence-electron chi connectivity index (χ0n) is 11.3. The van der Waals surface area contributed by atoms with Crippen molar-refractivity contribution in [2.24, 2.45) is 0 Å². The maximum absolute atomic E-state index is 10.5. The van der Waals surface area contributed by atoms with Gasteiger partial charge in [0, 0.05) is 6.54 Å². The maximum Gasteiger partial charge on any atom is 0.117 e. The number of allylic oxidation sites excluding steroid dienone is 1. The van der Waals surface area contributed by atoms with Crippen LogP contribution in [0.4, 0.5) is 0 Å². The normalized spacial score (nSPS) is 21.8. The first kappa shape index (κ1) is 13.3. The molecule has 1 N–H and O–H groups in total. The fourth-order valence-corrected chi connectivity index (χ4v) is 2.64. The minimum atomic E-state index is -0.461. The number of aliphatic hydroxyl groups is 1. The molecule has 1 aromatic rings. The zero-order chi connectivity index (χ0) is 12.8. The molecule has 0 bridgehead atoms. The average molecular weight is 248 g/mol. The van der Waals surface area contributed by atoms with Crippen LogP contribution in [0.15, 0.2) is 24.2 Å². The van der Waals surface area contributed by atoms with Gasteiger partial charge in [0.05, 0.1) is 18.2 Å². The monoisotopic (exact) mass is 248 g/mol. The van der Waals surface area contributed by atoms with Crippen LogP contribution in [-0.2, 0) is 6.54 Å². The van der Waals surface area contributed by atoms with Gasteiger partial charge in [-0.1, -0.05) is 25.8 Å². The lowest BCUT2D eigenvalue weighted by molar-refractivity contribution is 0.199. The van der Waals surface area contributed by atoms with Crippen LogP contribution < -0.4 is 0 Å². The second kappa shape index (κ2) is 6.74. The molecule has 0 aromatic carbocycles. The minimum Gasteiger partial charge on any atom is -0.382 e. The van der Waals surface area contributed by atoms with Gasteiger partial charge in [-0.25, -0.2) is 4.98 Å². The number of hydrogen-bond acceptors (Lipinski definition) is 2. The van der Waals surface area contributed by atoms with Crippen LogP contribution in [0.1, 0.15) is 63.7 Å². The molecular weight excluding hydrogens is 224 g/mol. The predicted molar refractivity (Wildman–Crippen MR) is 73.3 cm³/mol. The second-order valence-electron chi connectivity index (χ2n) is 5.15. The third kappa shape index (κ3) is 3.22. The molecule has 18 heavy (non-hydrogen) atoms. The summed E-state index contributed by atoms with van der Waals surface area (Å²) in [5.74, 6) is 0. The molecule has 0 saturated heterocycles. The summed E-state index contributed by atoms with van der Waals surface area (Å²) in [5, 5.41) is 10.5. The summed E-state index contributed by atoms with van der Waals surface area (Å²) in [6.45, 7) is 3.07. The lowest BCUT2D eigenvalue weighted by atomic mass is 9.95. The first-order valence-electron chi connectivity index (χ1n) is 7.20. The fraction of sp³-hybridized carbons (Fsp3) is 0.667. The summed E-state index contributed by atoms with van der Waals surface area (Å²) in [6.07, 6.45) is 13.7. The minimum absolute atomic E-state index is 0.461. The molecule has 1 unspecified atom stereocenters. The molecule has 3 heteroatoms. The Hall–Kier alpha value is -1.09. The van der Waals surface area contributed by atoms with E-state index in [9.17, 15) is 5.11 Å². The van der Waals surface area contributed by atoms with Gasteiger partial charge in [0.1, 0.15) is 6.10 Å². The van der Waals surface area contributed by atoms with E-state index in [4.69, 9.17) is 0 Å². The molecule has 1 atom stereocenters. The van der Waals surface area contributed by atoms with Crippen molar-refractivity contribution in [2.45, 2.75) is 64.5 Å².